The van der Waals surface area contributed by atoms with Crippen LogP contribution in [0.4, 0.5) is 0 Å². The molecule has 0 heteroatoms. The summed E-state index contributed by atoms with van der Waals surface area (Å²) < 4.78 is 0. The summed E-state index contributed by atoms with van der Waals surface area (Å²) in [6, 6.07) is 0. The smallest absolute Gasteiger partial charge is 0.0383 e. The van der Waals surface area contributed by atoms with Crippen LogP contribution < -0.4 is 0 Å². The van der Waals surface area contributed by atoms with Crippen molar-refractivity contribution in [3.8, 4) is 0 Å². The Labute approximate surface area is 165 Å². The maximum atomic E-state index is 2.37. The summed E-state index contributed by atoms with van der Waals surface area (Å²) >= 11 is 0. The Morgan fingerprint density at radius 1 is 0.500 bits per heavy atom. The SMILES string of the molecule is CCCCC[C@H]1CCC[C@@H](C2CCC([C@H]3CC[C@H](CCC)CC3)CC2)C1. The fraction of sp³-hybridized carbons (Fsp3) is 1.00. The Morgan fingerprint density at radius 3 is 1.73 bits per heavy atom. The van der Waals surface area contributed by atoms with Crippen LogP contribution in [0, 0.1) is 35.5 Å². The van der Waals surface area contributed by atoms with Crippen molar-refractivity contribution in [3.63, 3.8) is 0 Å². The van der Waals surface area contributed by atoms with Gasteiger partial charge in [0, 0.05) is 0 Å². The van der Waals surface area contributed by atoms with Gasteiger partial charge in [-0.3, -0.25) is 0 Å². The van der Waals surface area contributed by atoms with E-state index in [4.69, 9.17) is 0 Å². The van der Waals surface area contributed by atoms with Crippen molar-refractivity contribution in [1.82, 2.24) is 0 Å². The molecule has 3 rings (SSSR count). The van der Waals surface area contributed by atoms with Crippen LogP contribution in [0.15, 0.2) is 0 Å². The lowest BCUT2D eigenvalue weighted by Crippen LogP contribution is -2.30. The fourth-order valence-corrected chi connectivity index (χ4v) is 7.15. The third kappa shape index (κ3) is 6.00. The van der Waals surface area contributed by atoms with E-state index in [-0.39, 0.29) is 0 Å². The van der Waals surface area contributed by atoms with Crippen molar-refractivity contribution in [2.45, 2.75) is 129 Å². The largest absolute Gasteiger partial charge is 0.0654 e. The minimum absolute atomic E-state index is 1.08. The summed E-state index contributed by atoms with van der Waals surface area (Å²) in [5, 5.41) is 0. The maximum Gasteiger partial charge on any atom is -0.0383 e. The third-order valence-electron chi connectivity index (χ3n) is 8.78. The lowest BCUT2D eigenvalue weighted by atomic mass is 9.64. The van der Waals surface area contributed by atoms with E-state index in [1.54, 1.807) is 83.5 Å². The van der Waals surface area contributed by atoms with E-state index in [1.807, 2.05) is 0 Å². The summed E-state index contributed by atoms with van der Waals surface area (Å²) in [6.07, 6.45) is 27.7. The Hall–Kier alpha value is 0. The zero-order chi connectivity index (χ0) is 18.2. The van der Waals surface area contributed by atoms with E-state index >= 15 is 0 Å². The van der Waals surface area contributed by atoms with Crippen molar-refractivity contribution in [3.05, 3.63) is 0 Å². The molecule has 0 N–H and O–H groups in total. The van der Waals surface area contributed by atoms with Gasteiger partial charge in [0.25, 0.3) is 0 Å². The quantitative estimate of drug-likeness (QED) is 0.379. The molecular formula is C26H48. The van der Waals surface area contributed by atoms with Gasteiger partial charge >= 0.3 is 0 Å². The van der Waals surface area contributed by atoms with Crippen molar-refractivity contribution in [2.75, 3.05) is 0 Å². The van der Waals surface area contributed by atoms with Crippen LogP contribution in [0.1, 0.15) is 129 Å². The van der Waals surface area contributed by atoms with E-state index in [0.29, 0.717) is 0 Å². The molecule has 152 valence electrons. The first-order chi connectivity index (χ1) is 12.8. The van der Waals surface area contributed by atoms with Gasteiger partial charge in [-0.15, -0.1) is 0 Å². The van der Waals surface area contributed by atoms with Gasteiger partial charge in [-0.2, -0.15) is 0 Å². The molecular weight excluding hydrogens is 312 g/mol. The van der Waals surface area contributed by atoms with Crippen LogP contribution in [-0.2, 0) is 0 Å². The van der Waals surface area contributed by atoms with Crippen molar-refractivity contribution < 1.29 is 0 Å². The highest BCUT2D eigenvalue weighted by atomic mass is 14.4. The number of hydrogen-bond acceptors (Lipinski definition) is 0. The normalized spacial score (nSPS) is 39.0. The predicted octanol–water partition coefficient (Wildman–Crippen LogP) is 8.79. The highest BCUT2D eigenvalue weighted by molar-refractivity contribution is 4.86. The summed E-state index contributed by atoms with van der Waals surface area (Å²) in [5.41, 5.74) is 0. The molecule has 0 aromatic heterocycles. The average Bonchev–Trinajstić information content (AvgIpc) is 2.70. The molecule has 0 bridgehead atoms. The zero-order valence-electron chi connectivity index (χ0n) is 18.2. The highest BCUT2D eigenvalue weighted by Gasteiger charge is 2.34. The molecule has 0 aromatic carbocycles. The Bertz CT molecular complexity index is 356. The first kappa shape index (κ1) is 20.7. The topological polar surface area (TPSA) is 0 Å². The van der Waals surface area contributed by atoms with E-state index in [1.165, 1.54) is 32.1 Å². The van der Waals surface area contributed by atoms with Gasteiger partial charge < -0.3 is 0 Å². The van der Waals surface area contributed by atoms with Gasteiger partial charge in [0.15, 0.2) is 0 Å². The lowest BCUT2D eigenvalue weighted by Gasteiger charge is -2.41. The molecule has 0 nitrogen and oxygen atoms in total. The molecule has 0 aromatic rings. The summed E-state index contributed by atoms with van der Waals surface area (Å²) in [7, 11) is 0. The molecule has 3 aliphatic carbocycles. The molecule has 3 aliphatic rings. The Morgan fingerprint density at radius 2 is 1.12 bits per heavy atom. The van der Waals surface area contributed by atoms with E-state index in [2.05, 4.69) is 13.8 Å². The number of hydrogen-bond donors (Lipinski definition) is 0. The number of rotatable bonds is 8. The van der Waals surface area contributed by atoms with E-state index < -0.39 is 0 Å². The second-order valence-corrected chi connectivity index (χ2v) is 10.5. The molecule has 26 heavy (non-hydrogen) atoms. The molecule has 0 heterocycles. The minimum Gasteiger partial charge on any atom is -0.0654 e. The fourth-order valence-electron chi connectivity index (χ4n) is 7.15. The first-order valence-corrected chi connectivity index (χ1v) is 12.8. The maximum absolute atomic E-state index is 2.37. The summed E-state index contributed by atoms with van der Waals surface area (Å²) in [5.74, 6) is 6.61. The van der Waals surface area contributed by atoms with Crippen LogP contribution in [-0.4, -0.2) is 0 Å². The molecule has 0 spiro atoms. The summed E-state index contributed by atoms with van der Waals surface area (Å²) in [4.78, 5) is 0. The molecule has 0 radical (unpaired) electrons. The predicted molar refractivity (Wildman–Crippen MR) is 115 cm³/mol. The average molecular weight is 361 g/mol. The minimum atomic E-state index is 1.08. The van der Waals surface area contributed by atoms with Crippen molar-refractivity contribution in [1.29, 1.82) is 0 Å². The molecule has 2 atom stereocenters. The van der Waals surface area contributed by atoms with Gasteiger partial charge in [-0.05, 0) is 80.5 Å². The van der Waals surface area contributed by atoms with Crippen LogP contribution in [0.25, 0.3) is 0 Å². The standard InChI is InChI=1S/C26H48/c1-3-5-6-9-22-10-7-11-26(20-22)25-18-16-24(17-19-25)23-14-12-21(8-4-2)13-15-23/h21-26H,3-20H2,1-2H3/t21-,22-,23-,24?,25?,26+/m0/s1. The molecule has 0 aliphatic heterocycles. The Balaban J connectivity index is 1.37. The second kappa shape index (κ2) is 11.1. The van der Waals surface area contributed by atoms with Gasteiger partial charge in [0.05, 0.1) is 0 Å². The van der Waals surface area contributed by atoms with Crippen LogP contribution in [0.3, 0.4) is 0 Å². The molecule has 3 fully saturated rings. The monoisotopic (exact) mass is 360 g/mol. The lowest BCUT2D eigenvalue weighted by molar-refractivity contribution is 0.0982. The van der Waals surface area contributed by atoms with E-state index in [9.17, 15) is 0 Å². The van der Waals surface area contributed by atoms with Crippen molar-refractivity contribution >= 4 is 0 Å². The molecule has 3 saturated carbocycles. The van der Waals surface area contributed by atoms with Crippen LogP contribution in [0.2, 0.25) is 0 Å². The van der Waals surface area contributed by atoms with Gasteiger partial charge in [0.2, 0.25) is 0 Å². The van der Waals surface area contributed by atoms with Crippen LogP contribution in [0.5, 0.6) is 0 Å². The molecule has 0 unspecified atom stereocenters. The van der Waals surface area contributed by atoms with Crippen molar-refractivity contribution in [2.24, 2.45) is 35.5 Å². The summed E-state index contributed by atoms with van der Waals surface area (Å²) in [6.45, 7) is 4.71. The number of unbranched alkanes of at least 4 members (excludes halogenated alkanes) is 2. The van der Waals surface area contributed by atoms with Gasteiger partial charge in [-0.25, -0.2) is 0 Å². The first-order valence-electron chi connectivity index (χ1n) is 12.8. The van der Waals surface area contributed by atoms with Gasteiger partial charge in [-0.1, -0.05) is 84.5 Å². The molecule has 0 saturated heterocycles. The van der Waals surface area contributed by atoms with Crippen LogP contribution >= 0.6 is 0 Å². The zero-order valence-corrected chi connectivity index (χ0v) is 18.2. The second-order valence-electron chi connectivity index (χ2n) is 10.5. The Kier molecular flexibility index (Phi) is 8.86. The molecule has 0 amide bonds. The van der Waals surface area contributed by atoms with E-state index in [0.717, 1.165) is 35.5 Å². The highest BCUT2D eigenvalue weighted by Crippen LogP contribution is 2.46. The van der Waals surface area contributed by atoms with Gasteiger partial charge in [0.1, 0.15) is 0 Å². The third-order valence-corrected chi connectivity index (χ3v) is 8.78.